The molecule has 0 radical (unpaired) electrons. The van der Waals surface area contributed by atoms with Crippen LogP contribution in [0.15, 0.2) is 11.8 Å². The average molecular weight is 240 g/mol. The topological polar surface area (TPSA) is 64.3 Å². The molecule has 0 aromatic carbocycles. The molecule has 98 valence electrons. The molecule has 17 heavy (non-hydrogen) atoms. The van der Waals surface area contributed by atoms with Crippen LogP contribution >= 0.6 is 0 Å². The molecule has 0 amide bonds. The van der Waals surface area contributed by atoms with E-state index in [4.69, 9.17) is 5.73 Å². The standard InChI is InChI=1S/C11H18N2O2.C2H6/c1-15-11(14)9(12)5-7-6-13-10-4-2-3-8(7)10;1-2/h6,8-10,13H,2-5,12H2,1H3;1-2H3. The maximum atomic E-state index is 11.2. The fourth-order valence-electron chi connectivity index (χ4n) is 2.62. The number of fused-ring (bicyclic) bond motifs is 1. The van der Waals surface area contributed by atoms with Crippen LogP contribution in [-0.4, -0.2) is 25.2 Å². The summed E-state index contributed by atoms with van der Waals surface area (Å²) in [5.41, 5.74) is 7.03. The minimum absolute atomic E-state index is 0.322. The normalized spacial score (nSPS) is 27.2. The van der Waals surface area contributed by atoms with E-state index in [0.29, 0.717) is 18.4 Å². The summed E-state index contributed by atoms with van der Waals surface area (Å²) in [5, 5.41) is 3.36. The molecule has 3 unspecified atom stereocenters. The maximum Gasteiger partial charge on any atom is 0.322 e. The first-order valence-electron chi connectivity index (χ1n) is 6.50. The van der Waals surface area contributed by atoms with Gasteiger partial charge in [-0.1, -0.05) is 20.3 Å². The van der Waals surface area contributed by atoms with E-state index in [1.54, 1.807) is 0 Å². The molecular weight excluding hydrogens is 216 g/mol. The Hall–Kier alpha value is -1.03. The van der Waals surface area contributed by atoms with Gasteiger partial charge in [-0.15, -0.1) is 0 Å². The lowest BCUT2D eigenvalue weighted by Crippen LogP contribution is -2.32. The number of nitrogens with one attached hydrogen (secondary N) is 1. The van der Waals surface area contributed by atoms with Crippen LogP contribution in [0, 0.1) is 5.92 Å². The second-order valence-corrected chi connectivity index (χ2v) is 4.36. The molecule has 0 spiro atoms. The molecule has 4 nitrogen and oxygen atoms in total. The van der Waals surface area contributed by atoms with Crippen LogP contribution in [0.25, 0.3) is 0 Å². The van der Waals surface area contributed by atoms with Crippen LogP contribution in [0.4, 0.5) is 0 Å². The molecule has 1 aliphatic heterocycles. The van der Waals surface area contributed by atoms with Gasteiger partial charge in [0.25, 0.3) is 0 Å². The first-order valence-corrected chi connectivity index (χ1v) is 6.50. The van der Waals surface area contributed by atoms with Gasteiger partial charge in [-0.05, 0) is 31.0 Å². The first-order chi connectivity index (χ1) is 8.22. The van der Waals surface area contributed by atoms with Crippen molar-refractivity contribution in [3.8, 4) is 0 Å². The van der Waals surface area contributed by atoms with E-state index in [1.165, 1.54) is 31.9 Å². The van der Waals surface area contributed by atoms with E-state index in [9.17, 15) is 4.79 Å². The lowest BCUT2D eigenvalue weighted by Gasteiger charge is -2.15. The molecule has 0 aromatic heterocycles. The van der Waals surface area contributed by atoms with E-state index in [-0.39, 0.29) is 5.97 Å². The SMILES string of the molecule is CC.COC(=O)C(N)CC1=CNC2CCCC12. The predicted octanol–water partition coefficient (Wildman–Crippen LogP) is 1.56. The highest BCUT2D eigenvalue weighted by Gasteiger charge is 2.34. The van der Waals surface area contributed by atoms with Crippen LogP contribution in [0.1, 0.15) is 39.5 Å². The van der Waals surface area contributed by atoms with Gasteiger partial charge >= 0.3 is 5.97 Å². The molecule has 0 aromatic rings. The molecule has 0 saturated heterocycles. The molecule has 1 fully saturated rings. The quantitative estimate of drug-likeness (QED) is 0.735. The van der Waals surface area contributed by atoms with E-state index >= 15 is 0 Å². The molecule has 2 aliphatic rings. The third-order valence-electron chi connectivity index (χ3n) is 3.43. The van der Waals surface area contributed by atoms with E-state index in [0.717, 1.165) is 0 Å². The van der Waals surface area contributed by atoms with Gasteiger partial charge in [0.05, 0.1) is 7.11 Å². The van der Waals surface area contributed by atoms with Crippen molar-refractivity contribution in [2.24, 2.45) is 11.7 Å². The van der Waals surface area contributed by atoms with Gasteiger partial charge in [0.2, 0.25) is 0 Å². The van der Waals surface area contributed by atoms with Crippen molar-refractivity contribution in [1.29, 1.82) is 0 Å². The minimum Gasteiger partial charge on any atom is -0.468 e. The number of ether oxygens (including phenoxy) is 1. The molecule has 3 atom stereocenters. The Bertz CT molecular complexity index is 289. The van der Waals surface area contributed by atoms with Gasteiger partial charge in [0.1, 0.15) is 6.04 Å². The molecule has 4 heteroatoms. The Morgan fingerprint density at radius 3 is 2.94 bits per heavy atom. The van der Waals surface area contributed by atoms with E-state index < -0.39 is 6.04 Å². The summed E-state index contributed by atoms with van der Waals surface area (Å²) in [5.74, 6) is 0.276. The lowest BCUT2D eigenvalue weighted by molar-refractivity contribution is -0.142. The number of methoxy groups -OCH3 is 1. The maximum absolute atomic E-state index is 11.2. The number of rotatable bonds is 3. The van der Waals surface area contributed by atoms with Crippen LogP contribution in [0.5, 0.6) is 0 Å². The summed E-state index contributed by atoms with van der Waals surface area (Å²) < 4.78 is 4.62. The number of carbonyl (C=O) groups is 1. The van der Waals surface area contributed by atoms with Gasteiger partial charge in [-0.2, -0.15) is 0 Å². The minimum atomic E-state index is -0.512. The van der Waals surface area contributed by atoms with E-state index in [2.05, 4.69) is 10.1 Å². The van der Waals surface area contributed by atoms with Crippen molar-refractivity contribution in [3.63, 3.8) is 0 Å². The number of hydrogen-bond donors (Lipinski definition) is 2. The number of nitrogens with two attached hydrogens (primary N) is 1. The zero-order valence-corrected chi connectivity index (χ0v) is 11.0. The van der Waals surface area contributed by atoms with Gasteiger partial charge in [0.15, 0.2) is 0 Å². The largest absolute Gasteiger partial charge is 0.468 e. The summed E-state index contributed by atoms with van der Waals surface area (Å²) in [4.78, 5) is 11.2. The Morgan fingerprint density at radius 2 is 2.29 bits per heavy atom. The van der Waals surface area contributed by atoms with Gasteiger partial charge < -0.3 is 15.8 Å². The highest BCUT2D eigenvalue weighted by atomic mass is 16.5. The van der Waals surface area contributed by atoms with Gasteiger partial charge in [-0.25, -0.2) is 0 Å². The number of hydrogen-bond acceptors (Lipinski definition) is 4. The van der Waals surface area contributed by atoms with Crippen molar-refractivity contribution in [2.75, 3.05) is 7.11 Å². The number of esters is 1. The highest BCUT2D eigenvalue weighted by Crippen LogP contribution is 2.36. The lowest BCUT2D eigenvalue weighted by atomic mass is 9.93. The monoisotopic (exact) mass is 240 g/mol. The molecule has 2 rings (SSSR count). The second-order valence-electron chi connectivity index (χ2n) is 4.36. The van der Waals surface area contributed by atoms with Crippen LogP contribution in [0.3, 0.4) is 0 Å². The molecule has 3 N–H and O–H groups in total. The van der Waals surface area contributed by atoms with Crippen molar-refractivity contribution >= 4 is 5.97 Å². The predicted molar refractivity (Wildman–Crippen MR) is 68.3 cm³/mol. The zero-order valence-electron chi connectivity index (χ0n) is 11.0. The molecule has 1 aliphatic carbocycles. The van der Waals surface area contributed by atoms with E-state index in [1.807, 2.05) is 20.0 Å². The number of carbonyl (C=O) groups excluding carboxylic acids is 1. The third-order valence-corrected chi connectivity index (χ3v) is 3.43. The Labute approximate surface area is 104 Å². The first kappa shape index (κ1) is 14.0. The van der Waals surface area contributed by atoms with Crippen molar-refractivity contribution in [3.05, 3.63) is 11.8 Å². The van der Waals surface area contributed by atoms with Crippen LogP contribution < -0.4 is 11.1 Å². The Balaban J connectivity index is 0.000000686. The molecule has 1 saturated carbocycles. The Morgan fingerprint density at radius 1 is 1.59 bits per heavy atom. The summed E-state index contributed by atoms with van der Waals surface area (Å²) in [7, 11) is 1.38. The molecule has 0 bridgehead atoms. The molecular formula is C13H24N2O2. The second kappa shape index (κ2) is 6.64. The Kier molecular flexibility index (Phi) is 5.48. The van der Waals surface area contributed by atoms with Crippen molar-refractivity contribution in [2.45, 2.75) is 51.6 Å². The summed E-state index contributed by atoms with van der Waals surface area (Å²) in [6, 6.07) is 0.0762. The van der Waals surface area contributed by atoms with Crippen molar-refractivity contribution in [1.82, 2.24) is 5.32 Å². The molecule has 1 heterocycles. The highest BCUT2D eigenvalue weighted by molar-refractivity contribution is 5.75. The van der Waals surface area contributed by atoms with Gasteiger partial charge in [-0.3, -0.25) is 4.79 Å². The summed E-state index contributed by atoms with van der Waals surface area (Å²) in [6.07, 6.45) is 6.39. The van der Waals surface area contributed by atoms with Gasteiger partial charge in [0, 0.05) is 12.0 Å². The fourth-order valence-corrected chi connectivity index (χ4v) is 2.62. The van der Waals surface area contributed by atoms with Crippen molar-refractivity contribution < 1.29 is 9.53 Å². The van der Waals surface area contributed by atoms with Crippen LogP contribution in [0.2, 0.25) is 0 Å². The summed E-state index contributed by atoms with van der Waals surface area (Å²) >= 11 is 0. The average Bonchev–Trinajstić information content (AvgIpc) is 2.95. The smallest absolute Gasteiger partial charge is 0.322 e. The summed E-state index contributed by atoms with van der Waals surface area (Å²) in [6.45, 7) is 4.00. The fraction of sp³-hybridized carbons (Fsp3) is 0.769. The third kappa shape index (κ3) is 3.22. The van der Waals surface area contributed by atoms with Crippen LogP contribution in [-0.2, 0) is 9.53 Å². The zero-order chi connectivity index (χ0) is 12.8.